The molecule has 2 aliphatic heterocycles. The van der Waals surface area contributed by atoms with Gasteiger partial charge in [-0.25, -0.2) is 4.98 Å². The second-order valence-electron chi connectivity index (χ2n) is 8.01. The molecule has 2 saturated heterocycles. The van der Waals surface area contributed by atoms with E-state index >= 15 is 0 Å². The zero-order valence-electron chi connectivity index (χ0n) is 17.3. The van der Waals surface area contributed by atoms with Crippen molar-refractivity contribution in [3.8, 4) is 11.6 Å². The van der Waals surface area contributed by atoms with Gasteiger partial charge in [-0.2, -0.15) is 0 Å². The number of amides is 1. The van der Waals surface area contributed by atoms with E-state index in [0.717, 1.165) is 69.0 Å². The number of aromatic nitrogens is 3. The van der Waals surface area contributed by atoms with E-state index in [0.29, 0.717) is 17.8 Å². The number of rotatable bonds is 4. The van der Waals surface area contributed by atoms with Crippen molar-refractivity contribution in [1.29, 1.82) is 0 Å². The van der Waals surface area contributed by atoms with Crippen molar-refractivity contribution in [3.63, 3.8) is 0 Å². The lowest BCUT2D eigenvalue weighted by Crippen LogP contribution is -2.49. The molecule has 7 nitrogen and oxygen atoms in total. The van der Waals surface area contributed by atoms with Gasteiger partial charge >= 0.3 is 0 Å². The molecular weight excluding hydrogens is 366 g/mol. The average Bonchev–Trinajstić information content (AvgIpc) is 2.76. The predicted molar refractivity (Wildman–Crippen MR) is 110 cm³/mol. The Morgan fingerprint density at radius 2 is 1.86 bits per heavy atom. The van der Waals surface area contributed by atoms with Crippen LogP contribution < -0.4 is 4.74 Å². The molecule has 0 aliphatic carbocycles. The summed E-state index contributed by atoms with van der Waals surface area (Å²) in [7, 11) is 0. The molecule has 0 bridgehead atoms. The van der Waals surface area contributed by atoms with Gasteiger partial charge in [0.15, 0.2) is 5.75 Å². The van der Waals surface area contributed by atoms with Crippen LogP contribution in [-0.4, -0.2) is 62.9 Å². The minimum Gasteiger partial charge on any atom is -0.435 e. The number of carbonyl (C=O) groups is 1. The van der Waals surface area contributed by atoms with Gasteiger partial charge in [0.1, 0.15) is 5.69 Å². The van der Waals surface area contributed by atoms with Gasteiger partial charge in [0, 0.05) is 57.1 Å². The second kappa shape index (κ2) is 8.86. The van der Waals surface area contributed by atoms with Crippen LogP contribution in [0.15, 0.2) is 30.7 Å². The third-order valence-corrected chi connectivity index (χ3v) is 6.12. The van der Waals surface area contributed by atoms with Gasteiger partial charge in [-0.05, 0) is 51.3 Å². The molecule has 0 unspecified atom stereocenters. The van der Waals surface area contributed by atoms with Gasteiger partial charge in [0.25, 0.3) is 0 Å². The standard InChI is InChI=1S/C22H29N5O2/c1-16-20(6-3-9-23-16)29-22-21(24-10-11-25-22)18-5-4-12-27(15-18)19-7-13-26(14-8-19)17(2)28/h3,6,9-11,18-19H,4-5,7-8,12-15H2,1-2H3/t18-/m1/s1. The largest absolute Gasteiger partial charge is 0.435 e. The Balaban J connectivity index is 1.46. The van der Waals surface area contributed by atoms with Crippen LogP contribution in [0, 0.1) is 6.92 Å². The summed E-state index contributed by atoms with van der Waals surface area (Å²) in [6.07, 6.45) is 9.51. The number of nitrogens with zero attached hydrogens (tertiary/aromatic N) is 5. The maximum atomic E-state index is 11.6. The van der Waals surface area contributed by atoms with Crippen LogP contribution in [0.4, 0.5) is 0 Å². The summed E-state index contributed by atoms with van der Waals surface area (Å²) >= 11 is 0. The molecule has 2 aromatic rings. The Morgan fingerprint density at radius 1 is 1.07 bits per heavy atom. The fraction of sp³-hybridized carbons (Fsp3) is 0.545. The van der Waals surface area contributed by atoms with Crippen molar-refractivity contribution < 1.29 is 9.53 Å². The summed E-state index contributed by atoms with van der Waals surface area (Å²) in [5.74, 6) is 1.79. The summed E-state index contributed by atoms with van der Waals surface area (Å²) in [5, 5.41) is 0. The van der Waals surface area contributed by atoms with E-state index in [2.05, 4.69) is 19.9 Å². The summed E-state index contributed by atoms with van der Waals surface area (Å²) in [6.45, 7) is 7.39. The molecule has 4 heterocycles. The lowest BCUT2D eigenvalue weighted by molar-refractivity contribution is -0.130. The molecule has 0 saturated carbocycles. The van der Waals surface area contributed by atoms with Crippen molar-refractivity contribution in [1.82, 2.24) is 24.8 Å². The molecule has 0 aromatic carbocycles. The first-order chi connectivity index (χ1) is 14.1. The summed E-state index contributed by atoms with van der Waals surface area (Å²) in [6, 6.07) is 4.32. The Morgan fingerprint density at radius 3 is 2.62 bits per heavy atom. The lowest BCUT2D eigenvalue weighted by atomic mass is 9.91. The Labute approximate surface area is 172 Å². The molecule has 0 radical (unpaired) electrons. The van der Waals surface area contributed by atoms with Gasteiger partial charge in [0.05, 0.1) is 5.69 Å². The summed E-state index contributed by atoms with van der Waals surface area (Å²) in [4.78, 5) is 29.6. The number of aryl methyl sites for hydroxylation is 1. The normalized spacial score (nSPS) is 21.2. The molecule has 7 heteroatoms. The van der Waals surface area contributed by atoms with Crippen LogP contribution in [0.1, 0.15) is 49.9 Å². The van der Waals surface area contributed by atoms with Gasteiger partial charge in [-0.1, -0.05) is 0 Å². The Hall–Kier alpha value is -2.54. The minimum absolute atomic E-state index is 0.187. The van der Waals surface area contributed by atoms with Crippen LogP contribution in [0.3, 0.4) is 0 Å². The number of ether oxygens (including phenoxy) is 1. The predicted octanol–water partition coefficient (Wildman–Crippen LogP) is 3.16. The fourth-order valence-electron chi connectivity index (χ4n) is 4.48. The fourth-order valence-corrected chi connectivity index (χ4v) is 4.48. The smallest absolute Gasteiger partial charge is 0.241 e. The number of pyridine rings is 1. The van der Waals surface area contributed by atoms with Crippen molar-refractivity contribution in [3.05, 3.63) is 42.1 Å². The maximum Gasteiger partial charge on any atom is 0.241 e. The summed E-state index contributed by atoms with van der Waals surface area (Å²) < 4.78 is 6.12. The lowest BCUT2D eigenvalue weighted by Gasteiger charge is -2.42. The molecule has 154 valence electrons. The van der Waals surface area contributed by atoms with Crippen LogP contribution in [0.5, 0.6) is 11.6 Å². The van der Waals surface area contributed by atoms with E-state index in [1.807, 2.05) is 24.0 Å². The Bertz CT molecular complexity index is 851. The van der Waals surface area contributed by atoms with Crippen LogP contribution >= 0.6 is 0 Å². The van der Waals surface area contributed by atoms with Crippen LogP contribution in [-0.2, 0) is 4.79 Å². The number of hydrogen-bond donors (Lipinski definition) is 0. The molecule has 0 N–H and O–H groups in total. The van der Waals surface area contributed by atoms with E-state index in [1.54, 1.807) is 25.5 Å². The first-order valence-corrected chi connectivity index (χ1v) is 10.5. The molecule has 0 spiro atoms. The molecule has 2 fully saturated rings. The topological polar surface area (TPSA) is 71.5 Å². The van der Waals surface area contributed by atoms with Crippen molar-refractivity contribution >= 4 is 5.91 Å². The zero-order valence-corrected chi connectivity index (χ0v) is 17.3. The summed E-state index contributed by atoms with van der Waals surface area (Å²) in [5.41, 5.74) is 1.77. The zero-order chi connectivity index (χ0) is 20.2. The quantitative estimate of drug-likeness (QED) is 0.792. The molecule has 2 aliphatic rings. The van der Waals surface area contributed by atoms with E-state index in [4.69, 9.17) is 4.74 Å². The molecule has 2 aromatic heterocycles. The molecular formula is C22H29N5O2. The molecule has 1 amide bonds. The van der Waals surface area contributed by atoms with Gasteiger partial charge in [-0.15, -0.1) is 0 Å². The molecule has 1 atom stereocenters. The van der Waals surface area contributed by atoms with E-state index in [9.17, 15) is 4.79 Å². The van der Waals surface area contributed by atoms with E-state index in [-0.39, 0.29) is 5.91 Å². The highest BCUT2D eigenvalue weighted by atomic mass is 16.5. The van der Waals surface area contributed by atoms with Crippen molar-refractivity contribution in [2.45, 2.75) is 51.5 Å². The third kappa shape index (κ3) is 4.56. The highest BCUT2D eigenvalue weighted by molar-refractivity contribution is 5.73. The number of likely N-dealkylation sites (tertiary alicyclic amines) is 2. The number of carbonyl (C=O) groups excluding carboxylic acids is 1. The second-order valence-corrected chi connectivity index (χ2v) is 8.01. The first kappa shape index (κ1) is 19.8. The average molecular weight is 396 g/mol. The van der Waals surface area contributed by atoms with Crippen molar-refractivity contribution in [2.24, 2.45) is 0 Å². The van der Waals surface area contributed by atoms with E-state index in [1.165, 1.54) is 0 Å². The Kier molecular flexibility index (Phi) is 6.04. The highest BCUT2D eigenvalue weighted by Gasteiger charge is 2.32. The number of piperidine rings is 2. The van der Waals surface area contributed by atoms with Crippen LogP contribution in [0.25, 0.3) is 0 Å². The SMILES string of the molecule is CC(=O)N1CCC(N2CCC[C@@H](c3nccnc3Oc3cccnc3C)C2)CC1. The van der Waals surface area contributed by atoms with E-state index < -0.39 is 0 Å². The third-order valence-electron chi connectivity index (χ3n) is 6.12. The van der Waals surface area contributed by atoms with Gasteiger partial charge < -0.3 is 9.64 Å². The van der Waals surface area contributed by atoms with Crippen LogP contribution in [0.2, 0.25) is 0 Å². The maximum absolute atomic E-state index is 11.6. The molecule has 29 heavy (non-hydrogen) atoms. The molecule has 4 rings (SSSR count). The minimum atomic E-state index is 0.187. The first-order valence-electron chi connectivity index (χ1n) is 10.5. The van der Waals surface area contributed by atoms with Gasteiger partial charge in [-0.3, -0.25) is 19.7 Å². The van der Waals surface area contributed by atoms with Gasteiger partial charge in [0.2, 0.25) is 11.8 Å². The highest BCUT2D eigenvalue weighted by Crippen LogP contribution is 2.34. The monoisotopic (exact) mass is 395 g/mol. The van der Waals surface area contributed by atoms with Crippen molar-refractivity contribution in [2.75, 3.05) is 26.2 Å². The number of hydrogen-bond acceptors (Lipinski definition) is 6.